The van der Waals surface area contributed by atoms with Gasteiger partial charge in [0.15, 0.2) is 0 Å². The van der Waals surface area contributed by atoms with E-state index in [2.05, 4.69) is 47.1 Å². The highest BCUT2D eigenvalue weighted by atomic mass is 79.9. The predicted molar refractivity (Wildman–Crippen MR) is 70.2 cm³/mol. The Hall–Kier alpha value is 0.340. The Morgan fingerprint density at radius 3 is 2.57 bits per heavy atom. The maximum Gasteiger partial charge on any atom is 0.0257 e. The fraction of sp³-hybridized carbons (Fsp3) is 0.455. The number of hydrogen-bond donors (Lipinski definition) is 0. The first-order valence-corrected chi connectivity index (χ1v) is 7.08. The van der Waals surface area contributed by atoms with Crippen molar-refractivity contribution in [1.82, 2.24) is 0 Å². The number of benzene rings is 1. The molecule has 0 heterocycles. The number of alkyl halides is 1. The average molecular weight is 294 g/mol. The molecule has 0 nitrogen and oxygen atoms in total. The van der Waals surface area contributed by atoms with E-state index in [1.165, 1.54) is 5.56 Å². The van der Waals surface area contributed by atoms with Crippen LogP contribution in [-0.2, 0) is 5.75 Å². The second-order valence-corrected chi connectivity index (χ2v) is 5.66. The van der Waals surface area contributed by atoms with Crippen molar-refractivity contribution in [1.29, 1.82) is 0 Å². The molecule has 1 aromatic rings. The Balaban J connectivity index is 2.28. The van der Waals surface area contributed by atoms with Gasteiger partial charge in [-0.1, -0.05) is 35.0 Å². The minimum Gasteiger partial charge on any atom is -0.157 e. The van der Waals surface area contributed by atoms with E-state index in [0.29, 0.717) is 5.92 Å². The molecule has 1 unspecified atom stereocenters. The van der Waals surface area contributed by atoms with Crippen LogP contribution in [-0.4, -0.2) is 11.6 Å². The topological polar surface area (TPSA) is 0 Å². The summed E-state index contributed by atoms with van der Waals surface area (Å²) in [6, 6.07) is 8.48. The Morgan fingerprint density at radius 2 is 2.00 bits per heavy atom. The third-order valence-corrected chi connectivity index (χ3v) is 4.25. The van der Waals surface area contributed by atoms with Crippen LogP contribution < -0.4 is 0 Å². The fourth-order valence-corrected chi connectivity index (χ4v) is 2.57. The van der Waals surface area contributed by atoms with Crippen LogP contribution in [0, 0.1) is 5.92 Å². The van der Waals surface area contributed by atoms with Crippen LogP contribution in [0.3, 0.4) is 0 Å². The summed E-state index contributed by atoms with van der Waals surface area (Å²) in [6.45, 7) is 2.18. The van der Waals surface area contributed by atoms with Crippen LogP contribution in [0.25, 0.3) is 0 Å². The van der Waals surface area contributed by atoms with Gasteiger partial charge in [-0.3, -0.25) is 0 Å². The number of thioether (sulfide) groups is 1. The monoisotopic (exact) mass is 292 g/mol. The van der Waals surface area contributed by atoms with Gasteiger partial charge in [0.2, 0.25) is 0 Å². The molecular weight excluding hydrogens is 280 g/mol. The van der Waals surface area contributed by atoms with E-state index in [9.17, 15) is 0 Å². The van der Waals surface area contributed by atoms with Gasteiger partial charge in [-0.2, -0.15) is 11.8 Å². The lowest BCUT2D eigenvalue weighted by Gasteiger charge is -2.06. The summed E-state index contributed by atoms with van der Waals surface area (Å²) >= 11 is 11.1. The molecule has 0 aromatic heterocycles. The molecule has 14 heavy (non-hydrogen) atoms. The molecule has 1 rings (SSSR count). The lowest BCUT2D eigenvalue weighted by Crippen LogP contribution is -1.99. The van der Waals surface area contributed by atoms with Crippen molar-refractivity contribution < 1.29 is 0 Å². The zero-order valence-corrected chi connectivity index (χ0v) is 11.3. The SMILES string of the molecule is CC(CCl)CSCc1ccc(Br)cc1. The Bertz CT molecular complexity index is 260. The molecule has 1 atom stereocenters. The van der Waals surface area contributed by atoms with E-state index in [1.807, 2.05) is 11.8 Å². The molecule has 0 aliphatic carbocycles. The molecule has 0 saturated carbocycles. The van der Waals surface area contributed by atoms with E-state index in [1.54, 1.807) is 0 Å². The quantitative estimate of drug-likeness (QED) is 0.717. The summed E-state index contributed by atoms with van der Waals surface area (Å²) in [5.74, 6) is 3.58. The van der Waals surface area contributed by atoms with Gasteiger partial charge in [0.05, 0.1) is 0 Å². The van der Waals surface area contributed by atoms with E-state index >= 15 is 0 Å². The highest BCUT2D eigenvalue weighted by molar-refractivity contribution is 9.10. The van der Waals surface area contributed by atoms with Gasteiger partial charge in [0, 0.05) is 16.1 Å². The first-order valence-electron chi connectivity index (χ1n) is 4.60. The fourth-order valence-electron chi connectivity index (χ4n) is 1.00. The largest absolute Gasteiger partial charge is 0.157 e. The van der Waals surface area contributed by atoms with Crippen LogP contribution in [0.2, 0.25) is 0 Å². The maximum absolute atomic E-state index is 5.73. The second-order valence-electron chi connectivity index (χ2n) is 3.40. The third-order valence-electron chi connectivity index (χ3n) is 1.85. The van der Waals surface area contributed by atoms with Gasteiger partial charge in [-0.05, 0) is 29.4 Å². The molecule has 0 radical (unpaired) electrons. The Kier molecular flexibility index (Phi) is 5.99. The molecule has 0 aliphatic heterocycles. The number of rotatable bonds is 5. The molecule has 0 saturated heterocycles. The van der Waals surface area contributed by atoms with Crippen LogP contribution in [0.1, 0.15) is 12.5 Å². The normalized spacial score (nSPS) is 12.8. The zero-order valence-electron chi connectivity index (χ0n) is 8.17. The molecule has 1 aromatic carbocycles. The lowest BCUT2D eigenvalue weighted by atomic mass is 10.2. The maximum atomic E-state index is 5.73. The molecule has 78 valence electrons. The van der Waals surface area contributed by atoms with Crippen molar-refractivity contribution in [3.8, 4) is 0 Å². The summed E-state index contributed by atoms with van der Waals surface area (Å²) in [4.78, 5) is 0. The molecule has 0 aliphatic rings. The minimum absolute atomic E-state index is 0.608. The van der Waals surface area contributed by atoms with E-state index in [0.717, 1.165) is 21.9 Å². The average Bonchev–Trinajstić information content (AvgIpc) is 2.21. The van der Waals surface area contributed by atoms with E-state index in [4.69, 9.17) is 11.6 Å². The number of halogens is 2. The van der Waals surface area contributed by atoms with E-state index < -0.39 is 0 Å². The summed E-state index contributed by atoms with van der Waals surface area (Å²) in [5, 5.41) is 0. The van der Waals surface area contributed by atoms with Crippen LogP contribution in [0.4, 0.5) is 0 Å². The third kappa shape index (κ3) is 4.72. The van der Waals surface area contributed by atoms with Gasteiger partial charge < -0.3 is 0 Å². The van der Waals surface area contributed by atoms with Crippen molar-refractivity contribution in [2.75, 3.05) is 11.6 Å². The number of hydrogen-bond acceptors (Lipinski definition) is 1. The standard InChI is InChI=1S/C11H14BrClS/c1-9(6-13)7-14-8-10-2-4-11(12)5-3-10/h2-5,9H,6-8H2,1H3. The summed E-state index contributed by atoms with van der Waals surface area (Å²) < 4.78 is 1.14. The van der Waals surface area contributed by atoms with Gasteiger partial charge in [-0.25, -0.2) is 0 Å². The summed E-state index contributed by atoms with van der Waals surface area (Å²) in [6.07, 6.45) is 0. The van der Waals surface area contributed by atoms with Crippen molar-refractivity contribution in [2.24, 2.45) is 5.92 Å². The smallest absolute Gasteiger partial charge is 0.0257 e. The summed E-state index contributed by atoms with van der Waals surface area (Å²) in [7, 11) is 0. The van der Waals surface area contributed by atoms with Crippen molar-refractivity contribution >= 4 is 39.3 Å². The summed E-state index contributed by atoms with van der Waals surface area (Å²) in [5.41, 5.74) is 1.37. The van der Waals surface area contributed by atoms with E-state index in [-0.39, 0.29) is 0 Å². The van der Waals surface area contributed by atoms with Crippen molar-refractivity contribution in [2.45, 2.75) is 12.7 Å². The molecule has 0 amide bonds. The molecule has 3 heteroatoms. The first kappa shape index (κ1) is 12.4. The van der Waals surface area contributed by atoms with Gasteiger partial charge in [-0.15, -0.1) is 11.6 Å². The van der Waals surface area contributed by atoms with Crippen LogP contribution >= 0.6 is 39.3 Å². The van der Waals surface area contributed by atoms with Gasteiger partial charge in [0.1, 0.15) is 0 Å². The minimum atomic E-state index is 0.608. The van der Waals surface area contributed by atoms with Gasteiger partial charge >= 0.3 is 0 Å². The molecule has 0 bridgehead atoms. The zero-order chi connectivity index (χ0) is 10.4. The molecule has 0 N–H and O–H groups in total. The lowest BCUT2D eigenvalue weighted by molar-refractivity contribution is 0.759. The molecular formula is C11H14BrClS. The van der Waals surface area contributed by atoms with Crippen LogP contribution in [0.15, 0.2) is 28.7 Å². The molecule has 0 fully saturated rings. The Labute approximate surface area is 104 Å². The van der Waals surface area contributed by atoms with Gasteiger partial charge in [0.25, 0.3) is 0 Å². The Morgan fingerprint density at radius 1 is 1.36 bits per heavy atom. The van der Waals surface area contributed by atoms with Crippen molar-refractivity contribution in [3.05, 3.63) is 34.3 Å². The molecule has 0 spiro atoms. The second kappa shape index (κ2) is 6.76. The highest BCUT2D eigenvalue weighted by Crippen LogP contribution is 2.18. The van der Waals surface area contributed by atoms with Crippen LogP contribution in [0.5, 0.6) is 0 Å². The van der Waals surface area contributed by atoms with Crippen molar-refractivity contribution in [3.63, 3.8) is 0 Å². The predicted octanol–water partition coefficient (Wildman–Crippen LogP) is 4.56. The first-order chi connectivity index (χ1) is 6.72. The highest BCUT2D eigenvalue weighted by Gasteiger charge is 2.00.